The van der Waals surface area contributed by atoms with Crippen LogP contribution in [0.25, 0.3) is 11.8 Å². The van der Waals surface area contributed by atoms with Gasteiger partial charge >= 0.3 is 12.0 Å². The first-order valence-corrected chi connectivity index (χ1v) is 9.70. The van der Waals surface area contributed by atoms with Crippen LogP contribution in [0.1, 0.15) is 33.1 Å². The molecule has 0 unspecified atom stereocenters. The van der Waals surface area contributed by atoms with E-state index in [1.807, 2.05) is 18.4 Å². The first kappa shape index (κ1) is 20.9. The molecule has 9 nitrogen and oxygen atoms in total. The number of aromatic nitrogens is 1. The first-order valence-electron chi connectivity index (χ1n) is 9.70. The van der Waals surface area contributed by atoms with Crippen LogP contribution in [0.5, 0.6) is 0 Å². The average molecular weight is 433 g/mol. The SMILES string of the molecule is Cc1cc(/C=C2\C(=O)NC(=O)N(Cc3ccco3)C2=O)c(C)n1-c1ccc(C(=O)O)cc1. The smallest absolute Gasteiger partial charge is 0.335 e. The highest BCUT2D eigenvalue weighted by Crippen LogP contribution is 2.25. The molecule has 2 aromatic heterocycles. The zero-order chi connectivity index (χ0) is 23.0. The summed E-state index contributed by atoms with van der Waals surface area (Å²) in [6.07, 6.45) is 2.88. The molecule has 0 aliphatic carbocycles. The van der Waals surface area contributed by atoms with Gasteiger partial charge in [-0.3, -0.25) is 19.8 Å². The summed E-state index contributed by atoms with van der Waals surface area (Å²) in [5.41, 5.74) is 2.93. The highest BCUT2D eigenvalue weighted by molar-refractivity contribution is 6.31. The first-order chi connectivity index (χ1) is 15.3. The Kier molecular flexibility index (Phi) is 5.23. The van der Waals surface area contributed by atoms with E-state index in [0.29, 0.717) is 11.3 Å². The van der Waals surface area contributed by atoms with Gasteiger partial charge in [-0.2, -0.15) is 0 Å². The van der Waals surface area contributed by atoms with Gasteiger partial charge in [0.05, 0.1) is 18.4 Å². The zero-order valence-corrected chi connectivity index (χ0v) is 17.3. The predicted molar refractivity (Wildman–Crippen MR) is 113 cm³/mol. The van der Waals surface area contributed by atoms with Gasteiger partial charge in [0.25, 0.3) is 11.8 Å². The number of hydrogen-bond acceptors (Lipinski definition) is 5. The van der Waals surface area contributed by atoms with Gasteiger partial charge in [0.15, 0.2) is 0 Å². The number of carboxylic acid groups (broad SMARTS) is 1. The summed E-state index contributed by atoms with van der Waals surface area (Å²) >= 11 is 0. The Balaban J connectivity index is 1.69. The standard InChI is InChI=1S/C23H19N3O6/c1-13-10-16(14(2)26(13)17-7-5-15(6-8-17)22(29)30)11-19-20(27)24-23(31)25(21(19)28)12-18-4-3-9-32-18/h3-11H,12H2,1-2H3,(H,29,30)(H,24,27,31)/b19-11+. The van der Waals surface area contributed by atoms with Gasteiger partial charge in [-0.05, 0) is 68.0 Å². The number of imide groups is 2. The van der Waals surface area contributed by atoms with Gasteiger partial charge in [0.1, 0.15) is 11.3 Å². The summed E-state index contributed by atoms with van der Waals surface area (Å²) < 4.78 is 7.09. The van der Waals surface area contributed by atoms with Crippen molar-refractivity contribution in [3.8, 4) is 5.69 Å². The fourth-order valence-electron chi connectivity index (χ4n) is 3.64. The van der Waals surface area contributed by atoms with Crippen LogP contribution in [0.15, 0.2) is 58.7 Å². The van der Waals surface area contributed by atoms with Crippen molar-refractivity contribution in [2.75, 3.05) is 0 Å². The molecule has 1 aliphatic rings. The number of nitrogens with zero attached hydrogens (tertiary/aromatic N) is 2. The summed E-state index contributed by atoms with van der Waals surface area (Å²) in [5.74, 6) is -2.10. The molecule has 0 saturated carbocycles. The van der Waals surface area contributed by atoms with Crippen molar-refractivity contribution >= 4 is 29.9 Å². The van der Waals surface area contributed by atoms with Crippen molar-refractivity contribution in [3.05, 3.63) is 82.6 Å². The molecule has 4 amide bonds. The van der Waals surface area contributed by atoms with E-state index in [0.717, 1.165) is 22.0 Å². The van der Waals surface area contributed by atoms with E-state index >= 15 is 0 Å². The molecule has 2 N–H and O–H groups in total. The number of aromatic carboxylic acids is 1. The lowest BCUT2D eigenvalue weighted by molar-refractivity contribution is -0.130. The zero-order valence-electron chi connectivity index (χ0n) is 17.3. The number of nitrogens with one attached hydrogen (secondary N) is 1. The van der Waals surface area contributed by atoms with Crippen molar-refractivity contribution in [1.29, 1.82) is 0 Å². The summed E-state index contributed by atoms with van der Waals surface area (Å²) in [5, 5.41) is 11.3. The van der Waals surface area contributed by atoms with E-state index in [9.17, 15) is 19.2 Å². The monoisotopic (exact) mass is 433 g/mol. The van der Waals surface area contributed by atoms with E-state index in [1.54, 1.807) is 30.3 Å². The number of carboxylic acids is 1. The molecule has 3 heterocycles. The Bertz CT molecular complexity index is 1270. The van der Waals surface area contributed by atoms with Crippen molar-refractivity contribution in [2.45, 2.75) is 20.4 Å². The fourth-order valence-corrected chi connectivity index (χ4v) is 3.64. The number of hydrogen-bond donors (Lipinski definition) is 2. The maximum Gasteiger partial charge on any atom is 0.335 e. The quantitative estimate of drug-likeness (QED) is 0.471. The molecule has 9 heteroatoms. The number of urea groups is 1. The highest BCUT2D eigenvalue weighted by Gasteiger charge is 2.36. The van der Waals surface area contributed by atoms with Gasteiger partial charge in [-0.1, -0.05) is 0 Å². The number of benzene rings is 1. The third-order valence-corrected chi connectivity index (χ3v) is 5.22. The number of carbonyl (C=O) groups excluding carboxylic acids is 3. The summed E-state index contributed by atoms with van der Waals surface area (Å²) in [6.45, 7) is 3.58. The molecule has 0 bridgehead atoms. The van der Waals surface area contributed by atoms with E-state index in [-0.39, 0.29) is 17.7 Å². The van der Waals surface area contributed by atoms with Gasteiger partial charge in [0, 0.05) is 17.1 Å². The van der Waals surface area contributed by atoms with Crippen molar-refractivity contribution < 1.29 is 28.7 Å². The maximum absolute atomic E-state index is 12.9. The Morgan fingerprint density at radius 2 is 1.84 bits per heavy atom. The van der Waals surface area contributed by atoms with Gasteiger partial charge in [-0.25, -0.2) is 9.59 Å². The molecule has 162 valence electrons. The lowest BCUT2D eigenvalue weighted by Crippen LogP contribution is -2.53. The molecule has 3 aromatic rings. The fraction of sp³-hybridized carbons (Fsp3) is 0.130. The molecule has 1 aromatic carbocycles. The van der Waals surface area contributed by atoms with Gasteiger partial charge in [0.2, 0.25) is 0 Å². The lowest BCUT2D eigenvalue weighted by Gasteiger charge is -2.25. The van der Waals surface area contributed by atoms with Crippen LogP contribution in [0.2, 0.25) is 0 Å². The van der Waals surface area contributed by atoms with Crippen LogP contribution >= 0.6 is 0 Å². The Hall–Kier alpha value is -4.40. The Morgan fingerprint density at radius 1 is 1.12 bits per heavy atom. The number of carbonyl (C=O) groups is 4. The topological polar surface area (TPSA) is 122 Å². The van der Waals surface area contributed by atoms with Crippen LogP contribution in [0, 0.1) is 13.8 Å². The minimum absolute atomic E-state index is 0.1000. The highest BCUT2D eigenvalue weighted by atomic mass is 16.4. The maximum atomic E-state index is 12.9. The van der Waals surface area contributed by atoms with Crippen LogP contribution in [0.4, 0.5) is 4.79 Å². The van der Waals surface area contributed by atoms with E-state index < -0.39 is 23.8 Å². The average Bonchev–Trinajstić information content (AvgIpc) is 3.36. The van der Waals surface area contributed by atoms with Crippen LogP contribution < -0.4 is 5.32 Å². The molecule has 1 aliphatic heterocycles. The molecule has 4 rings (SSSR count). The number of furan rings is 1. The molecule has 0 spiro atoms. The van der Waals surface area contributed by atoms with Crippen molar-refractivity contribution in [2.24, 2.45) is 0 Å². The van der Waals surface area contributed by atoms with Crippen LogP contribution in [0.3, 0.4) is 0 Å². The van der Waals surface area contributed by atoms with Crippen LogP contribution in [-0.2, 0) is 16.1 Å². The number of aryl methyl sites for hydroxylation is 1. The number of amides is 4. The second-order valence-corrected chi connectivity index (χ2v) is 7.30. The molecular formula is C23H19N3O6. The summed E-state index contributed by atoms with van der Waals surface area (Å²) in [7, 11) is 0. The molecule has 0 radical (unpaired) electrons. The third-order valence-electron chi connectivity index (χ3n) is 5.22. The lowest BCUT2D eigenvalue weighted by atomic mass is 10.1. The van der Waals surface area contributed by atoms with Crippen LogP contribution in [-0.4, -0.2) is 38.4 Å². The molecule has 32 heavy (non-hydrogen) atoms. The largest absolute Gasteiger partial charge is 0.478 e. The van der Waals surface area contributed by atoms with E-state index in [2.05, 4.69) is 5.32 Å². The number of rotatable bonds is 5. The second-order valence-electron chi connectivity index (χ2n) is 7.30. The molecular weight excluding hydrogens is 414 g/mol. The van der Waals surface area contributed by atoms with E-state index in [1.165, 1.54) is 24.5 Å². The normalized spacial score (nSPS) is 15.4. The predicted octanol–water partition coefficient (Wildman–Crippen LogP) is 3.05. The summed E-state index contributed by atoms with van der Waals surface area (Å²) in [4.78, 5) is 49.5. The minimum Gasteiger partial charge on any atom is -0.478 e. The molecule has 1 saturated heterocycles. The van der Waals surface area contributed by atoms with Gasteiger partial charge < -0.3 is 14.1 Å². The molecule has 1 fully saturated rings. The third kappa shape index (κ3) is 3.71. The summed E-state index contributed by atoms with van der Waals surface area (Å²) in [6, 6.07) is 10.6. The second kappa shape index (κ2) is 8.03. The van der Waals surface area contributed by atoms with Crippen molar-refractivity contribution in [1.82, 2.24) is 14.8 Å². The Labute approximate surface area is 182 Å². The minimum atomic E-state index is -1.02. The van der Waals surface area contributed by atoms with Gasteiger partial charge in [-0.15, -0.1) is 0 Å². The van der Waals surface area contributed by atoms with Crippen molar-refractivity contribution in [3.63, 3.8) is 0 Å². The molecule has 0 atom stereocenters. The van der Waals surface area contributed by atoms with E-state index in [4.69, 9.17) is 9.52 Å². The number of barbiturate groups is 1. The Morgan fingerprint density at radius 3 is 2.47 bits per heavy atom.